The third-order valence-corrected chi connectivity index (χ3v) is 5.00. The average molecular weight is 249 g/mol. The van der Waals surface area contributed by atoms with Crippen LogP contribution in [0.1, 0.15) is 39.0 Å². The lowest BCUT2D eigenvalue weighted by atomic mass is 9.92. The molecule has 0 amide bonds. The van der Waals surface area contributed by atoms with Gasteiger partial charge in [0.1, 0.15) is 9.84 Å². The van der Waals surface area contributed by atoms with Crippen molar-refractivity contribution in [1.29, 1.82) is 0 Å². The Morgan fingerprint density at radius 3 is 2.62 bits per heavy atom. The number of sulfone groups is 1. The quantitative estimate of drug-likeness (QED) is 0.680. The van der Waals surface area contributed by atoms with Gasteiger partial charge in [-0.2, -0.15) is 0 Å². The number of aliphatic hydroxyl groups is 1. The number of hydrogen-bond acceptors (Lipinski definition) is 4. The van der Waals surface area contributed by atoms with Gasteiger partial charge >= 0.3 is 0 Å². The molecule has 1 fully saturated rings. The second-order valence-corrected chi connectivity index (χ2v) is 6.98. The maximum atomic E-state index is 11.2. The average Bonchev–Trinajstić information content (AvgIpc) is 2.27. The Balaban J connectivity index is 2.15. The summed E-state index contributed by atoms with van der Waals surface area (Å²) in [5, 5.41) is 12.9. The van der Waals surface area contributed by atoms with E-state index in [-0.39, 0.29) is 23.7 Å². The molecule has 1 aliphatic rings. The van der Waals surface area contributed by atoms with Crippen molar-refractivity contribution in [3.63, 3.8) is 0 Å². The third kappa shape index (κ3) is 4.80. The lowest BCUT2D eigenvalue weighted by Gasteiger charge is -2.28. The van der Waals surface area contributed by atoms with E-state index in [2.05, 4.69) is 5.32 Å². The highest BCUT2D eigenvalue weighted by Gasteiger charge is 2.21. The molecule has 2 N–H and O–H groups in total. The summed E-state index contributed by atoms with van der Waals surface area (Å²) >= 11 is 0. The van der Waals surface area contributed by atoms with Crippen molar-refractivity contribution in [2.75, 3.05) is 18.1 Å². The Labute approximate surface area is 98.4 Å². The predicted molar refractivity (Wildman–Crippen MR) is 65.2 cm³/mol. The fourth-order valence-corrected chi connectivity index (χ4v) is 2.95. The van der Waals surface area contributed by atoms with Gasteiger partial charge in [-0.1, -0.05) is 19.8 Å². The highest BCUT2D eigenvalue weighted by molar-refractivity contribution is 7.91. The minimum Gasteiger partial charge on any atom is -0.392 e. The van der Waals surface area contributed by atoms with Crippen molar-refractivity contribution < 1.29 is 13.5 Å². The van der Waals surface area contributed by atoms with E-state index in [1.165, 1.54) is 0 Å². The van der Waals surface area contributed by atoms with Gasteiger partial charge < -0.3 is 10.4 Å². The second kappa shape index (κ2) is 6.57. The van der Waals surface area contributed by atoms with Crippen molar-refractivity contribution in [2.45, 2.75) is 51.2 Å². The molecule has 1 saturated carbocycles. The number of nitrogens with one attached hydrogen (secondary N) is 1. The van der Waals surface area contributed by atoms with Crippen LogP contribution in [-0.4, -0.2) is 43.7 Å². The maximum absolute atomic E-state index is 11.2. The van der Waals surface area contributed by atoms with Crippen LogP contribution in [0.25, 0.3) is 0 Å². The molecule has 0 aromatic heterocycles. The number of hydrogen-bond donors (Lipinski definition) is 2. The van der Waals surface area contributed by atoms with Crippen LogP contribution in [0.2, 0.25) is 0 Å². The van der Waals surface area contributed by atoms with Gasteiger partial charge in [0.25, 0.3) is 0 Å². The summed E-state index contributed by atoms with van der Waals surface area (Å²) in [6, 6.07) is 0.165. The summed E-state index contributed by atoms with van der Waals surface area (Å²) in [6.45, 7) is 2.36. The fraction of sp³-hybridized carbons (Fsp3) is 1.00. The maximum Gasteiger partial charge on any atom is 0.150 e. The molecule has 2 atom stereocenters. The first-order valence-corrected chi connectivity index (χ1v) is 7.99. The van der Waals surface area contributed by atoms with Crippen molar-refractivity contribution in [2.24, 2.45) is 0 Å². The van der Waals surface area contributed by atoms with Gasteiger partial charge in [-0.3, -0.25) is 0 Å². The first kappa shape index (κ1) is 13.9. The molecule has 5 heteroatoms. The molecule has 0 aromatic carbocycles. The summed E-state index contributed by atoms with van der Waals surface area (Å²) in [4.78, 5) is 0. The smallest absolute Gasteiger partial charge is 0.150 e. The Morgan fingerprint density at radius 1 is 1.31 bits per heavy atom. The van der Waals surface area contributed by atoms with Gasteiger partial charge in [0.2, 0.25) is 0 Å². The van der Waals surface area contributed by atoms with Crippen LogP contribution in [0.5, 0.6) is 0 Å². The van der Waals surface area contributed by atoms with Crippen LogP contribution in [0.15, 0.2) is 0 Å². The minimum absolute atomic E-state index is 0.165. The zero-order chi connectivity index (χ0) is 12.0. The first-order valence-electron chi connectivity index (χ1n) is 6.17. The Hall–Kier alpha value is -0.130. The topological polar surface area (TPSA) is 66.4 Å². The van der Waals surface area contributed by atoms with E-state index < -0.39 is 9.84 Å². The molecular formula is C11H23NO3S. The molecule has 0 radical (unpaired) electrons. The molecule has 0 bridgehead atoms. The van der Waals surface area contributed by atoms with Crippen LogP contribution in [-0.2, 0) is 9.84 Å². The van der Waals surface area contributed by atoms with Crippen molar-refractivity contribution in [3.05, 3.63) is 0 Å². The molecular weight excluding hydrogens is 226 g/mol. The first-order chi connectivity index (χ1) is 7.55. The number of rotatable bonds is 6. The van der Waals surface area contributed by atoms with E-state index in [1.807, 2.05) is 0 Å². The molecule has 0 spiro atoms. The van der Waals surface area contributed by atoms with Crippen LogP contribution in [0.3, 0.4) is 0 Å². The molecule has 0 aromatic rings. The summed E-state index contributed by atoms with van der Waals surface area (Å²) in [7, 11) is -2.84. The van der Waals surface area contributed by atoms with Crippen molar-refractivity contribution in [1.82, 2.24) is 5.32 Å². The van der Waals surface area contributed by atoms with Crippen LogP contribution in [0, 0.1) is 0 Å². The molecule has 1 aliphatic carbocycles. The molecule has 0 aliphatic heterocycles. The second-order valence-electron chi connectivity index (χ2n) is 4.50. The fourth-order valence-electron chi connectivity index (χ4n) is 2.07. The molecule has 2 unspecified atom stereocenters. The Morgan fingerprint density at radius 2 is 2.00 bits per heavy atom. The van der Waals surface area contributed by atoms with E-state index in [0.717, 1.165) is 25.7 Å². The molecule has 96 valence electrons. The largest absolute Gasteiger partial charge is 0.392 e. The molecule has 0 saturated heterocycles. The van der Waals surface area contributed by atoms with E-state index in [1.54, 1.807) is 6.92 Å². The summed E-state index contributed by atoms with van der Waals surface area (Å²) in [5.41, 5.74) is 0. The van der Waals surface area contributed by atoms with Crippen molar-refractivity contribution in [3.8, 4) is 0 Å². The molecule has 1 rings (SSSR count). The molecule has 16 heavy (non-hydrogen) atoms. The van der Waals surface area contributed by atoms with Gasteiger partial charge in [-0.25, -0.2) is 8.42 Å². The lowest BCUT2D eigenvalue weighted by molar-refractivity contribution is 0.0913. The van der Waals surface area contributed by atoms with Gasteiger partial charge in [0, 0.05) is 11.8 Å². The summed E-state index contributed by atoms with van der Waals surface area (Å²) in [5.74, 6) is 0.471. The predicted octanol–water partition coefficient (Wildman–Crippen LogP) is 0.704. The third-order valence-electron chi connectivity index (χ3n) is 3.21. The summed E-state index contributed by atoms with van der Waals surface area (Å²) in [6.07, 6.45) is 4.51. The lowest BCUT2D eigenvalue weighted by Crippen LogP contribution is -2.42. The SMILES string of the molecule is CCS(=O)(=O)CCCNC1CCCCC1O. The zero-order valence-corrected chi connectivity index (χ0v) is 10.8. The van der Waals surface area contributed by atoms with Crippen LogP contribution in [0.4, 0.5) is 0 Å². The van der Waals surface area contributed by atoms with E-state index >= 15 is 0 Å². The highest BCUT2D eigenvalue weighted by Crippen LogP contribution is 2.18. The monoisotopic (exact) mass is 249 g/mol. The van der Waals surface area contributed by atoms with E-state index in [4.69, 9.17) is 0 Å². The summed E-state index contributed by atoms with van der Waals surface area (Å²) < 4.78 is 22.5. The number of aliphatic hydroxyl groups excluding tert-OH is 1. The van der Waals surface area contributed by atoms with Crippen LogP contribution >= 0.6 is 0 Å². The van der Waals surface area contributed by atoms with E-state index in [9.17, 15) is 13.5 Å². The van der Waals surface area contributed by atoms with Gasteiger partial charge in [0.05, 0.1) is 11.9 Å². The molecule has 0 heterocycles. The normalized spacial score (nSPS) is 26.9. The van der Waals surface area contributed by atoms with Gasteiger partial charge in [0.15, 0.2) is 0 Å². The van der Waals surface area contributed by atoms with Gasteiger partial charge in [-0.15, -0.1) is 0 Å². The zero-order valence-electron chi connectivity index (χ0n) is 9.98. The van der Waals surface area contributed by atoms with E-state index in [0.29, 0.717) is 13.0 Å². The van der Waals surface area contributed by atoms with Crippen LogP contribution < -0.4 is 5.32 Å². The Kier molecular flexibility index (Phi) is 5.72. The highest BCUT2D eigenvalue weighted by atomic mass is 32.2. The Bertz CT molecular complexity index is 290. The molecule has 4 nitrogen and oxygen atoms in total. The van der Waals surface area contributed by atoms with Gasteiger partial charge in [-0.05, 0) is 25.8 Å². The standard InChI is InChI=1S/C11H23NO3S/c1-2-16(14,15)9-5-8-12-10-6-3-4-7-11(10)13/h10-13H,2-9H2,1H3. The minimum atomic E-state index is -2.84. The van der Waals surface area contributed by atoms with Crippen molar-refractivity contribution >= 4 is 9.84 Å².